The van der Waals surface area contributed by atoms with Crippen molar-refractivity contribution in [1.82, 2.24) is 0 Å². The van der Waals surface area contributed by atoms with E-state index in [-0.39, 0.29) is 19.3 Å². The van der Waals surface area contributed by atoms with E-state index in [0.29, 0.717) is 19.3 Å². The van der Waals surface area contributed by atoms with E-state index in [1.807, 2.05) is 0 Å². The van der Waals surface area contributed by atoms with Crippen LogP contribution in [0.3, 0.4) is 0 Å². The van der Waals surface area contributed by atoms with Gasteiger partial charge in [-0.15, -0.1) is 0 Å². The summed E-state index contributed by atoms with van der Waals surface area (Å²) in [4.78, 5) is 58.6. The molecule has 16 nitrogen and oxygen atoms in total. The highest BCUT2D eigenvalue weighted by molar-refractivity contribution is 7.47. The molecule has 0 aromatic carbocycles. The Kier molecular flexibility index (Phi) is 72.2. The average molecular weight is 1460 g/mol. The van der Waals surface area contributed by atoms with E-state index in [2.05, 4.69) is 154 Å². The van der Waals surface area contributed by atoms with Gasteiger partial charge in [-0.05, 0) is 141 Å². The van der Waals surface area contributed by atoms with Gasteiger partial charge in [0.1, 0.15) is 25.4 Å². The third kappa shape index (κ3) is 76.6. The maximum absolute atomic E-state index is 13.0. The largest absolute Gasteiger partial charge is 0.472 e. The Morgan fingerprint density at radius 1 is 0.287 bits per heavy atom. The van der Waals surface area contributed by atoms with Crippen molar-refractivity contribution in [3.63, 3.8) is 0 Å². The Labute approximate surface area is 614 Å². The molecule has 0 aliphatic heterocycles. The van der Waals surface area contributed by atoms with Crippen molar-refractivity contribution in [1.29, 1.82) is 0 Å². The summed E-state index contributed by atoms with van der Waals surface area (Å²) in [5.41, 5.74) is 0. The zero-order chi connectivity index (χ0) is 73.7. The highest BCUT2D eigenvalue weighted by atomic mass is 31.2. The van der Waals surface area contributed by atoms with Crippen LogP contribution < -0.4 is 0 Å². The van der Waals surface area contributed by atoms with Crippen molar-refractivity contribution in [3.05, 3.63) is 134 Å². The molecule has 0 aliphatic rings. The first-order valence-electron chi connectivity index (χ1n) is 39.5. The molecule has 0 aromatic rings. The van der Waals surface area contributed by atoms with Crippen LogP contribution in [-0.4, -0.2) is 95.9 Å². The fourth-order valence-electron chi connectivity index (χ4n) is 10.3. The van der Waals surface area contributed by atoms with Crippen LogP contribution in [0.5, 0.6) is 0 Å². The lowest BCUT2D eigenvalue weighted by molar-refractivity contribution is -0.161. The molecule has 580 valence electrons. The fraction of sp³-hybridized carbons (Fsp3) is 0.699. The smallest absolute Gasteiger partial charge is 0.463 e. The van der Waals surface area contributed by atoms with Crippen LogP contribution in [-0.2, 0) is 55.8 Å². The molecule has 0 amide bonds. The van der Waals surface area contributed by atoms with E-state index in [4.69, 9.17) is 32.3 Å². The van der Waals surface area contributed by atoms with Crippen LogP contribution in [0.25, 0.3) is 0 Å². The Balaban J connectivity index is 4.55. The molecule has 0 aliphatic carbocycles. The molecule has 0 bridgehead atoms. The molecule has 0 saturated heterocycles. The van der Waals surface area contributed by atoms with E-state index >= 15 is 0 Å². The highest BCUT2D eigenvalue weighted by Crippen LogP contribution is 2.45. The van der Waals surface area contributed by atoms with Gasteiger partial charge in [0.05, 0.1) is 26.4 Å². The summed E-state index contributed by atoms with van der Waals surface area (Å²) in [7, 11) is -9.80. The van der Waals surface area contributed by atoms with Gasteiger partial charge in [0, 0.05) is 19.3 Å². The molecular weight excluding hydrogens is 1310 g/mol. The van der Waals surface area contributed by atoms with Crippen LogP contribution in [0.15, 0.2) is 134 Å². The van der Waals surface area contributed by atoms with Crippen molar-refractivity contribution in [3.8, 4) is 0 Å². The van der Waals surface area contributed by atoms with Gasteiger partial charge >= 0.3 is 33.6 Å². The molecule has 0 saturated carbocycles. The summed E-state index contributed by atoms with van der Waals surface area (Å²) in [6.07, 6.45) is 90.7. The van der Waals surface area contributed by atoms with Crippen LogP contribution in [0.4, 0.5) is 0 Å². The van der Waals surface area contributed by atoms with E-state index < -0.39 is 91.5 Å². The second-order valence-corrected chi connectivity index (χ2v) is 29.0. The Hall–Kier alpha value is -4.31. The molecule has 4 N–H and O–H groups in total. The molecule has 0 aromatic heterocycles. The molecule has 5 unspecified atom stereocenters. The van der Waals surface area contributed by atoms with E-state index in [1.54, 1.807) is 0 Å². The lowest BCUT2D eigenvalue weighted by atomic mass is 10.0. The molecule has 101 heavy (non-hydrogen) atoms. The maximum Gasteiger partial charge on any atom is 0.472 e. The van der Waals surface area contributed by atoms with Crippen LogP contribution in [0.2, 0.25) is 0 Å². The number of carbonyl (C=O) groups is 3. The van der Waals surface area contributed by atoms with Crippen molar-refractivity contribution in [2.24, 2.45) is 0 Å². The lowest BCUT2D eigenvalue weighted by Crippen LogP contribution is -2.30. The predicted octanol–water partition coefficient (Wildman–Crippen LogP) is 23.1. The quantitative estimate of drug-likeness (QED) is 0.0146. The number of unbranched alkanes of at least 4 members (excludes halogenated alkanes) is 29. The van der Waals surface area contributed by atoms with Gasteiger partial charge in [-0.3, -0.25) is 32.5 Å². The SMILES string of the molecule is CC/C=C\C/C=C\C/C=C\CCCCCCCC(=O)OC(COC(=O)CCCCCCC/C=C\C/C=C\C/C=C\C/C=C\CCCCC)COP(=O)(O)OCC(O)COP(=O)(O)OCC(O)COC(=O)CCCCCCCCCCCCCCC/C=C\C/C=C\C/C=C\C/C=C\CCCCC. The van der Waals surface area contributed by atoms with E-state index in [1.165, 1.54) is 109 Å². The van der Waals surface area contributed by atoms with Gasteiger partial charge in [-0.25, -0.2) is 9.13 Å². The second-order valence-electron chi connectivity index (χ2n) is 26.1. The predicted molar refractivity (Wildman–Crippen MR) is 417 cm³/mol. The molecule has 0 heterocycles. The Bertz CT molecular complexity index is 2370. The summed E-state index contributed by atoms with van der Waals surface area (Å²) in [6, 6.07) is 0. The number of rotatable bonds is 74. The minimum Gasteiger partial charge on any atom is -0.463 e. The van der Waals surface area contributed by atoms with Gasteiger partial charge in [0.2, 0.25) is 0 Å². The number of hydrogen-bond donors (Lipinski definition) is 4. The number of ether oxygens (including phenoxy) is 3. The Morgan fingerprint density at radius 2 is 0.525 bits per heavy atom. The molecule has 0 spiro atoms. The molecule has 18 heteroatoms. The van der Waals surface area contributed by atoms with E-state index in [0.717, 1.165) is 148 Å². The third-order valence-corrected chi connectivity index (χ3v) is 18.2. The number of hydrogen-bond acceptors (Lipinski definition) is 14. The van der Waals surface area contributed by atoms with Gasteiger partial charge in [0.15, 0.2) is 6.10 Å². The van der Waals surface area contributed by atoms with Crippen molar-refractivity contribution in [2.45, 2.75) is 334 Å². The van der Waals surface area contributed by atoms with Gasteiger partial charge in [-0.1, -0.05) is 289 Å². The fourth-order valence-corrected chi connectivity index (χ4v) is 11.9. The zero-order valence-electron chi connectivity index (χ0n) is 63.3. The first kappa shape index (κ1) is 96.7. The van der Waals surface area contributed by atoms with Crippen LogP contribution in [0.1, 0.15) is 316 Å². The number of carbonyl (C=O) groups excluding carboxylic acids is 3. The standard InChI is InChI=1S/C83H142O16P2/c1-4-7-10-13-16-19-22-25-28-30-32-34-35-36-37-38-39-40-41-43-45-46-49-51-54-57-60-63-66-69-81(86)93-72-78(84)73-95-100(89,90)96-74-79(85)75-97-101(91,92)98-77-80(99-83(88)71-68-65-62-59-56-53-48-27-24-21-18-15-12-9-6-3)76-94-82(87)70-67-64-61-58-55-52-50-47-44-42-33-31-29-26-23-20-17-14-11-8-5-2/h9,12,16-21,25-29,32-34,36-37,42,47-48,50,78-80,84-85H,4-8,10-11,13-15,22-24,30-31,35,38-41,43-46,49,51-77H2,1-3H3,(H,89,90)(H,91,92)/b12-9-,19-16-,20-17-,21-18-,28-25-,29-26-,34-32-,37-36-,42-33-,48-27-,50-47-. The average Bonchev–Trinajstić information content (AvgIpc) is 1.09. The molecule has 0 rings (SSSR count). The summed E-state index contributed by atoms with van der Waals surface area (Å²) >= 11 is 0. The van der Waals surface area contributed by atoms with Crippen LogP contribution in [0, 0.1) is 0 Å². The molecule has 0 radical (unpaired) electrons. The summed E-state index contributed by atoms with van der Waals surface area (Å²) < 4.78 is 61.1. The monoisotopic (exact) mass is 1460 g/mol. The normalized spacial score (nSPS) is 14.7. The number of phosphoric acid groups is 2. The zero-order valence-corrected chi connectivity index (χ0v) is 65.1. The highest BCUT2D eigenvalue weighted by Gasteiger charge is 2.29. The van der Waals surface area contributed by atoms with Crippen LogP contribution >= 0.6 is 15.6 Å². The van der Waals surface area contributed by atoms with Gasteiger partial charge in [0.25, 0.3) is 0 Å². The maximum atomic E-state index is 13.0. The number of aliphatic hydroxyl groups is 2. The minimum atomic E-state index is -4.94. The first-order valence-corrected chi connectivity index (χ1v) is 42.5. The van der Waals surface area contributed by atoms with Crippen molar-refractivity contribution in [2.75, 3.05) is 39.6 Å². The summed E-state index contributed by atoms with van der Waals surface area (Å²) in [5.74, 6) is -1.62. The Morgan fingerprint density at radius 3 is 0.832 bits per heavy atom. The first-order chi connectivity index (χ1) is 49.2. The number of aliphatic hydroxyl groups excluding tert-OH is 2. The van der Waals surface area contributed by atoms with Crippen molar-refractivity contribution < 1.29 is 75.8 Å². The number of esters is 3. The number of allylic oxidation sites excluding steroid dienone is 22. The second kappa shape index (κ2) is 75.4. The number of phosphoric ester groups is 2. The summed E-state index contributed by atoms with van der Waals surface area (Å²) in [6.45, 7) is 2.47. The van der Waals surface area contributed by atoms with Crippen molar-refractivity contribution >= 4 is 33.6 Å². The molecule has 0 fully saturated rings. The molecule has 5 atom stereocenters. The topological polar surface area (TPSA) is 231 Å². The molecular formula is C83H142O16P2. The summed E-state index contributed by atoms with van der Waals surface area (Å²) in [5, 5.41) is 20.6. The van der Waals surface area contributed by atoms with E-state index in [9.17, 15) is 43.5 Å². The minimum absolute atomic E-state index is 0.0775. The van der Waals surface area contributed by atoms with Gasteiger partial charge in [-0.2, -0.15) is 0 Å². The van der Waals surface area contributed by atoms with Gasteiger partial charge < -0.3 is 34.2 Å². The lowest BCUT2D eigenvalue weighted by Gasteiger charge is -2.21. The third-order valence-electron chi connectivity index (χ3n) is 16.3.